The van der Waals surface area contributed by atoms with Gasteiger partial charge in [-0.3, -0.25) is 33.6 Å². The Morgan fingerprint density at radius 1 is 0.905 bits per heavy atom. The summed E-state index contributed by atoms with van der Waals surface area (Å²) >= 11 is 6.34. The highest BCUT2D eigenvalue weighted by atomic mass is 35.5. The van der Waals surface area contributed by atoms with Gasteiger partial charge < -0.3 is 35.6 Å². The van der Waals surface area contributed by atoms with Gasteiger partial charge in [0.05, 0.1) is 0 Å². The molecule has 2 aliphatic heterocycles. The molecule has 1 saturated carbocycles. The van der Waals surface area contributed by atoms with E-state index in [1.165, 1.54) is 35.7 Å². The topological polar surface area (TPSA) is 169 Å². The maximum atomic E-state index is 14.5. The number of carbonyl (C=O) groups is 7. The molecule has 14 nitrogen and oxygen atoms in total. The van der Waals surface area contributed by atoms with E-state index in [1.807, 2.05) is 20.8 Å². The molecule has 1 aliphatic carbocycles. The standard InChI is InChI=1S/C45H67ClF3N7O7/c1-9-32-41(61)53(6)22-14-11-16-34(37(57)52-33(24-27(2)3)42(62)55(8)36(39(59)51-32)26-30-25-31(46)19-18-28(30)4)54(7)40(60)29(5)50-38(58)35-17-15-23-56(35)43(63)44(45(47,48)49)20-12-10-13-21-44/h18-19,25,27,29,32-36H,9-17,20-24,26H2,1-8H3,(H,50,58)(H,51,59)(H,52,57)/t29-,32+,33-,34-,35-,36-/m0/s1. The van der Waals surface area contributed by atoms with Crippen LogP contribution in [0.2, 0.25) is 5.02 Å². The monoisotopic (exact) mass is 909 g/mol. The van der Waals surface area contributed by atoms with E-state index >= 15 is 0 Å². The van der Waals surface area contributed by atoms with Crippen LogP contribution in [-0.4, -0.2) is 138 Å². The fraction of sp³-hybridized carbons (Fsp3) is 0.711. The van der Waals surface area contributed by atoms with Gasteiger partial charge in [-0.25, -0.2) is 0 Å². The number of aryl methyl sites for hydroxylation is 1. The predicted octanol–water partition coefficient (Wildman–Crippen LogP) is 4.92. The largest absolute Gasteiger partial charge is 0.403 e. The molecular formula is C45H67ClF3N7O7. The van der Waals surface area contributed by atoms with E-state index in [-0.39, 0.29) is 82.7 Å². The molecule has 352 valence electrons. The Labute approximate surface area is 374 Å². The van der Waals surface area contributed by atoms with Crippen LogP contribution in [0.1, 0.15) is 116 Å². The highest BCUT2D eigenvalue weighted by Gasteiger charge is 2.62. The molecule has 3 N–H and O–H groups in total. The van der Waals surface area contributed by atoms with Crippen LogP contribution in [0.4, 0.5) is 13.2 Å². The van der Waals surface area contributed by atoms with Crippen LogP contribution < -0.4 is 16.0 Å². The molecule has 6 atom stereocenters. The third-order valence-corrected chi connectivity index (χ3v) is 13.3. The number of hydrogen-bond acceptors (Lipinski definition) is 7. The maximum absolute atomic E-state index is 14.5. The summed E-state index contributed by atoms with van der Waals surface area (Å²) in [5.74, 6) is -4.75. The SMILES string of the molecule is CC[C@H]1NC(=O)[C@H](Cc2cc(Cl)ccc2C)N(C)C(=O)[C@H](CC(C)C)NC(=O)[C@@H](N(C)C(=O)[C@H](C)NC(=O)[C@@H]2CCCN2C(=O)C2(C(F)(F)F)CCCCC2)CCCCN(C)C1=O. The van der Waals surface area contributed by atoms with Gasteiger partial charge in [0, 0.05) is 45.7 Å². The average molecular weight is 911 g/mol. The second kappa shape index (κ2) is 22.0. The number of amides is 7. The second-order valence-corrected chi connectivity index (χ2v) is 18.6. The van der Waals surface area contributed by atoms with Gasteiger partial charge in [-0.05, 0) is 101 Å². The average Bonchev–Trinajstić information content (AvgIpc) is 3.73. The van der Waals surface area contributed by atoms with Gasteiger partial charge in [0.25, 0.3) is 0 Å². The molecule has 18 heteroatoms. The smallest absolute Gasteiger partial charge is 0.344 e. The minimum Gasteiger partial charge on any atom is -0.344 e. The summed E-state index contributed by atoms with van der Waals surface area (Å²) in [5, 5.41) is 8.80. The lowest BCUT2D eigenvalue weighted by Crippen LogP contribution is -2.60. The van der Waals surface area contributed by atoms with Crippen molar-refractivity contribution in [3.05, 3.63) is 34.3 Å². The molecule has 3 aliphatic rings. The molecule has 2 heterocycles. The van der Waals surface area contributed by atoms with E-state index in [0.29, 0.717) is 36.3 Å². The normalized spacial score (nSPS) is 25.1. The van der Waals surface area contributed by atoms with Gasteiger partial charge in [-0.2, -0.15) is 13.2 Å². The third kappa shape index (κ3) is 12.2. The van der Waals surface area contributed by atoms with Gasteiger partial charge in [-0.15, -0.1) is 0 Å². The zero-order valence-corrected chi connectivity index (χ0v) is 38.8. The number of benzene rings is 1. The van der Waals surface area contributed by atoms with Crippen molar-refractivity contribution in [1.29, 1.82) is 0 Å². The molecule has 2 saturated heterocycles. The molecule has 63 heavy (non-hydrogen) atoms. The second-order valence-electron chi connectivity index (χ2n) is 18.1. The van der Waals surface area contributed by atoms with Crippen molar-refractivity contribution in [3.63, 3.8) is 0 Å². The van der Waals surface area contributed by atoms with E-state index in [2.05, 4.69) is 16.0 Å². The highest BCUT2D eigenvalue weighted by molar-refractivity contribution is 6.30. The van der Waals surface area contributed by atoms with Crippen molar-refractivity contribution in [3.8, 4) is 0 Å². The summed E-state index contributed by atoms with van der Waals surface area (Å²) < 4.78 is 43.5. The van der Waals surface area contributed by atoms with Crippen molar-refractivity contribution in [1.82, 2.24) is 35.6 Å². The first-order valence-corrected chi connectivity index (χ1v) is 22.7. The summed E-state index contributed by atoms with van der Waals surface area (Å²) in [6.45, 7) is 9.04. The first kappa shape index (κ1) is 51.2. The summed E-state index contributed by atoms with van der Waals surface area (Å²) in [5.41, 5.74) is -1.01. The minimum absolute atomic E-state index is 0.0176. The van der Waals surface area contributed by atoms with Crippen LogP contribution in [-0.2, 0) is 40.0 Å². The summed E-state index contributed by atoms with van der Waals surface area (Å²) in [6, 6.07) is -1.48. The van der Waals surface area contributed by atoms with Gasteiger partial charge in [0.1, 0.15) is 41.7 Å². The van der Waals surface area contributed by atoms with Crippen molar-refractivity contribution >= 4 is 53.0 Å². The van der Waals surface area contributed by atoms with E-state index in [4.69, 9.17) is 11.6 Å². The third-order valence-electron chi connectivity index (χ3n) is 13.1. The van der Waals surface area contributed by atoms with E-state index in [1.54, 1.807) is 32.2 Å². The summed E-state index contributed by atoms with van der Waals surface area (Å²) in [4.78, 5) is 103. The Balaban J connectivity index is 1.61. The van der Waals surface area contributed by atoms with Gasteiger partial charge in [-0.1, -0.05) is 57.7 Å². The number of nitrogens with one attached hydrogen (secondary N) is 3. The number of likely N-dealkylation sites (N-methyl/N-ethyl adjacent to an activating group) is 3. The van der Waals surface area contributed by atoms with Crippen LogP contribution in [0.5, 0.6) is 0 Å². The maximum Gasteiger partial charge on any atom is 0.403 e. The van der Waals surface area contributed by atoms with Crippen LogP contribution in [0.25, 0.3) is 0 Å². The number of likely N-dealkylation sites (tertiary alicyclic amines) is 1. The Morgan fingerprint density at radius 3 is 2.17 bits per heavy atom. The zero-order chi connectivity index (χ0) is 47.0. The van der Waals surface area contributed by atoms with Crippen molar-refractivity contribution < 1.29 is 46.7 Å². The first-order valence-electron chi connectivity index (χ1n) is 22.4. The number of nitrogens with zero attached hydrogens (tertiary/aromatic N) is 4. The number of halogens is 4. The zero-order valence-electron chi connectivity index (χ0n) is 38.0. The van der Waals surface area contributed by atoms with E-state index < -0.39 is 83.3 Å². The molecule has 1 aromatic rings. The fourth-order valence-corrected chi connectivity index (χ4v) is 9.36. The predicted molar refractivity (Wildman–Crippen MR) is 232 cm³/mol. The quantitative estimate of drug-likeness (QED) is 0.300. The van der Waals surface area contributed by atoms with Crippen molar-refractivity contribution in [2.24, 2.45) is 11.3 Å². The lowest BCUT2D eigenvalue weighted by molar-refractivity contribution is -0.236. The molecule has 0 aromatic heterocycles. The van der Waals surface area contributed by atoms with Crippen molar-refractivity contribution in [2.75, 3.05) is 34.2 Å². The summed E-state index contributed by atoms with van der Waals surface area (Å²) in [7, 11) is 4.48. The molecule has 0 bridgehead atoms. The van der Waals surface area contributed by atoms with E-state index in [0.717, 1.165) is 10.5 Å². The number of rotatable bonds is 10. The van der Waals surface area contributed by atoms with Gasteiger partial charge >= 0.3 is 6.18 Å². The van der Waals surface area contributed by atoms with Crippen molar-refractivity contribution in [2.45, 2.75) is 161 Å². The van der Waals surface area contributed by atoms with Crippen LogP contribution in [0.15, 0.2) is 18.2 Å². The number of alkyl halides is 3. The molecule has 0 radical (unpaired) electrons. The fourth-order valence-electron chi connectivity index (χ4n) is 9.17. The Kier molecular flexibility index (Phi) is 17.9. The molecular weight excluding hydrogens is 843 g/mol. The highest BCUT2D eigenvalue weighted by Crippen LogP contribution is 2.51. The molecule has 3 fully saturated rings. The van der Waals surface area contributed by atoms with Crippen LogP contribution in [0.3, 0.4) is 0 Å². The van der Waals surface area contributed by atoms with E-state index in [9.17, 15) is 46.7 Å². The Morgan fingerprint density at radius 2 is 1.56 bits per heavy atom. The number of carbonyl (C=O) groups excluding carboxylic acids is 7. The lowest BCUT2D eigenvalue weighted by atomic mass is 9.72. The molecule has 0 spiro atoms. The van der Waals surface area contributed by atoms with Crippen LogP contribution in [0, 0.1) is 18.3 Å². The number of hydrogen-bond donors (Lipinski definition) is 3. The first-order chi connectivity index (χ1) is 29.5. The van der Waals surface area contributed by atoms with Gasteiger partial charge in [0.2, 0.25) is 41.4 Å². The summed E-state index contributed by atoms with van der Waals surface area (Å²) in [6.07, 6.45) is -2.50. The molecule has 4 rings (SSSR count). The Hall–Kier alpha value is -4.41. The van der Waals surface area contributed by atoms with Crippen LogP contribution >= 0.6 is 11.6 Å². The minimum atomic E-state index is -4.78. The lowest BCUT2D eigenvalue weighted by Gasteiger charge is -2.41. The van der Waals surface area contributed by atoms with Gasteiger partial charge in [0.15, 0.2) is 0 Å². The Bertz CT molecular complexity index is 1840. The molecule has 0 unspecified atom stereocenters. The molecule has 1 aromatic carbocycles. The molecule has 7 amide bonds.